The van der Waals surface area contributed by atoms with Crippen LogP contribution in [0.1, 0.15) is 28.8 Å². The minimum Gasteiger partial charge on any atom is -0.377 e. The second-order valence-corrected chi connectivity index (χ2v) is 9.84. The summed E-state index contributed by atoms with van der Waals surface area (Å²) < 4.78 is 33.4. The average molecular weight is 444 g/mol. The van der Waals surface area contributed by atoms with Crippen molar-refractivity contribution in [3.8, 4) is 0 Å². The van der Waals surface area contributed by atoms with Crippen molar-refractivity contribution in [2.75, 3.05) is 39.3 Å². The lowest BCUT2D eigenvalue weighted by Crippen LogP contribution is -2.48. The molecular formula is C23H29N3O4S. The number of nitrogens with one attached hydrogen (secondary N) is 1. The van der Waals surface area contributed by atoms with E-state index in [-0.39, 0.29) is 23.5 Å². The van der Waals surface area contributed by atoms with Crippen molar-refractivity contribution >= 4 is 15.9 Å². The highest BCUT2D eigenvalue weighted by atomic mass is 32.2. The molecule has 166 valence electrons. The Kier molecular flexibility index (Phi) is 7.02. The zero-order chi connectivity index (χ0) is 21.7. The van der Waals surface area contributed by atoms with E-state index in [1.807, 2.05) is 18.2 Å². The number of piperazine rings is 1. The van der Waals surface area contributed by atoms with E-state index in [9.17, 15) is 13.2 Å². The molecule has 0 aromatic heterocycles. The monoisotopic (exact) mass is 443 g/mol. The van der Waals surface area contributed by atoms with Gasteiger partial charge < -0.3 is 9.64 Å². The fourth-order valence-electron chi connectivity index (χ4n) is 4.02. The van der Waals surface area contributed by atoms with E-state index in [0.29, 0.717) is 25.3 Å². The first-order valence-electron chi connectivity index (χ1n) is 10.8. The van der Waals surface area contributed by atoms with Gasteiger partial charge >= 0.3 is 0 Å². The number of sulfonamides is 1. The first-order valence-corrected chi connectivity index (χ1v) is 12.3. The molecular weight excluding hydrogens is 414 g/mol. The van der Waals surface area contributed by atoms with E-state index < -0.39 is 10.0 Å². The molecule has 0 radical (unpaired) electrons. The summed E-state index contributed by atoms with van der Waals surface area (Å²) >= 11 is 0. The van der Waals surface area contributed by atoms with Crippen molar-refractivity contribution in [2.24, 2.45) is 0 Å². The van der Waals surface area contributed by atoms with Gasteiger partial charge in [-0.05, 0) is 36.6 Å². The third kappa shape index (κ3) is 5.71. The van der Waals surface area contributed by atoms with Crippen molar-refractivity contribution in [1.29, 1.82) is 0 Å². The maximum Gasteiger partial charge on any atom is 0.253 e. The Labute approximate surface area is 184 Å². The van der Waals surface area contributed by atoms with Crippen molar-refractivity contribution in [3.05, 3.63) is 65.7 Å². The van der Waals surface area contributed by atoms with Crippen LogP contribution in [0.2, 0.25) is 0 Å². The molecule has 2 aliphatic heterocycles. The maximum atomic E-state index is 13.0. The van der Waals surface area contributed by atoms with Gasteiger partial charge in [-0.25, -0.2) is 13.1 Å². The summed E-state index contributed by atoms with van der Waals surface area (Å²) in [5.74, 6) is -0.129. The summed E-state index contributed by atoms with van der Waals surface area (Å²) in [5, 5.41) is 0. The van der Waals surface area contributed by atoms with Gasteiger partial charge in [0.1, 0.15) is 0 Å². The van der Waals surface area contributed by atoms with Crippen LogP contribution in [0, 0.1) is 0 Å². The standard InChI is InChI=1S/C23H29N3O4S/c27-23(26-13-11-25(12-14-26)18-19-6-2-1-3-7-19)20-8-4-10-22(16-20)31(28,29)24-17-21-9-5-15-30-21/h1-4,6-8,10,16,21,24H,5,9,11-15,17-18H2. The van der Waals surface area contributed by atoms with Crippen molar-refractivity contribution < 1.29 is 17.9 Å². The number of hydrogen-bond acceptors (Lipinski definition) is 5. The van der Waals surface area contributed by atoms with Gasteiger partial charge in [0.2, 0.25) is 10.0 Å². The Morgan fingerprint density at radius 2 is 1.81 bits per heavy atom. The molecule has 0 aliphatic carbocycles. The zero-order valence-corrected chi connectivity index (χ0v) is 18.4. The Morgan fingerprint density at radius 3 is 2.52 bits per heavy atom. The van der Waals surface area contributed by atoms with E-state index in [4.69, 9.17) is 4.74 Å². The minimum absolute atomic E-state index is 0.0771. The summed E-state index contributed by atoms with van der Waals surface area (Å²) in [4.78, 5) is 17.2. The van der Waals surface area contributed by atoms with Gasteiger partial charge in [0.25, 0.3) is 5.91 Å². The Bertz CT molecular complexity index is 983. The molecule has 1 unspecified atom stereocenters. The number of rotatable bonds is 7. The summed E-state index contributed by atoms with van der Waals surface area (Å²) in [6.45, 7) is 4.63. The summed E-state index contributed by atoms with van der Waals surface area (Å²) in [7, 11) is -3.69. The molecule has 0 spiro atoms. The number of amides is 1. The summed E-state index contributed by atoms with van der Waals surface area (Å²) in [6.07, 6.45) is 1.73. The molecule has 31 heavy (non-hydrogen) atoms. The highest BCUT2D eigenvalue weighted by molar-refractivity contribution is 7.89. The van der Waals surface area contributed by atoms with Gasteiger partial charge in [-0.2, -0.15) is 0 Å². The predicted octanol–water partition coefficient (Wildman–Crippen LogP) is 2.10. The molecule has 0 bridgehead atoms. The normalized spacial score (nSPS) is 20.1. The SMILES string of the molecule is O=C(c1cccc(S(=O)(=O)NCC2CCCO2)c1)N1CCN(Cc2ccccc2)CC1. The highest BCUT2D eigenvalue weighted by Gasteiger charge is 2.24. The van der Waals surface area contributed by atoms with Crippen LogP contribution in [0.25, 0.3) is 0 Å². The smallest absolute Gasteiger partial charge is 0.253 e. The maximum absolute atomic E-state index is 13.0. The van der Waals surface area contributed by atoms with E-state index >= 15 is 0 Å². The molecule has 0 saturated carbocycles. The van der Waals surface area contributed by atoms with Crippen LogP contribution in [-0.4, -0.2) is 69.6 Å². The molecule has 8 heteroatoms. The Hall–Kier alpha value is -2.26. The van der Waals surface area contributed by atoms with Crippen LogP contribution in [0.3, 0.4) is 0 Å². The Morgan fingerprint density at radius 1 is 1.03 bits per heavy atom. The van der Waals surface area contributed by atoms with Crippen LogP contribution >= 0.6 is 0 Å². The van der Waals surface area contributed by atoms with Gasteiger partial charge in [0.15, 0.2) is 0 Å². The lowest BCUT2D eigenvalue weighted by atomic mass is 10.1. The van der Waals surface area contributed by atoms with Crippen LogP contribution in [0.5, 0.6) is 0 Å². The molecule has 2 aliphatic rings. The van der Waals surface area contributed by atoms with E-state index in [1.165, 1.54) is 17.7 Å². The van der Waals surface area contributed by atoms with E-state index in [2.05, 4.69) is 21.8 Å². The lowest BCUT2D eigenvalue weighted by molar-refractivity contribution is 0.0628. The van der Waals surface area contributed by atoms with E-state index in [1.54, 1.807) is 17.0 Å². The van der Waals surface area contributed by atoms with Crippen LogP contribution < -0.4 is 4.72 Å². The molecule has 4 rings (SSSR count). The Balaban J connectivity index is 1.34. The van der Waals surface area contributed by atoms with Gasteiger partial charge in [0, 0.05) is 51.4 Å². The quantitative estimate of drug-likeness (QED) is 0.709. The number of benzene rings is 2. The summed E-state index contributed by atoms with van der Waals surface area (Å²) in [6, 6.07) is 16.6. The van der Waals surface area contributed by atoms with E-state index in [0.717, 1.165) is 32.5 Å². The second-order valence-electron chi connectivity index (χ2n) is 8.07. The molecule has 2 saturated heterocycles. The number of nitrogens with zero attached hydrogens (tertiary/aromatic N) is 2. The van der Waals surface area contributed by atoms with Crippen LogP contribution in [0.4, 0.5) is 0 Å². The largest absolute Gasteiger partial charge is 0.377 e. The minimum atomic E-state index is -3.69. The average Bonchev–Trinajstić information content (AvgIpc) is 3.33. The number of ether oxygens (including phenoxy) is 1. The van der Waals surface area contributed by atoms with Gasteiger partial charge in [-0.3, -0.25) is 9.69 Å². The van der Waals surface area contributed by atoms with Crippen LogP contribution in [-0.2, 0) is 21.3 Å². The van der Waals surface area contributed by atoms with Crippen molar-refractivity contribution in [2.45, 2.75) is 30.4 Å². The third-order valence-corrected chi connectivity index (χ3v) is 7.25. The molecule has 2 heterocycles. The zero-order valence-electron chi connectivity index (χ0n) is 17.6. The lowest BCUT2D eigenvalue weighted by Gasteiger charge is -2.34. The molecule has 1 N–H and O–H groups in total. The van der Waals surface area contributed by atoms with Crippen molar-refractivity contribution in [1.82, 2.24) is 14.5 Å². The molecule has 2 fully saturated rings. The number of carbonyl (C=O) groups is 1. The molecule has 2 aromatic carbocycles. The van der Waals surface area contributed by atoms with Gasteiger partial charge in [0.05, 0.1) is 11.0 Å². The third-order valence-electron chi connectivity index (χ3n) is 5.82. The topological polar surface area (TPSA) is 78.9 Å². The molecule has 1 atom stereocenters. The number of hydrogen-bond donors (Lipinski definition) is 1. The fourth-order valence-corrected chi connectivity index (χ4v) is 5.13. The molecule has 1 amide bonds. The fraction of sp³-hybridized carbons (Fsp3) is 0.435. The van der Waals surface area contributed by atoms with Crippen molar-refractivity contribution in [3.63, 3.8) is 0 Å². The first-order chi connectivity index (χ1) is 15.0. The van der Waals surface area contributed by atoms with Crippen LogP contribution in [0.15, 0.2) is 59.5 Å². The molecule has 7 nitrogen and oxygen atoms in total. The first kappa shape index (κ1) is 22.0. The summed E-state index contributed by atoms with van der Waals surface area (Å²) in [5.41, 5.74) is 1.66. The van der Waals surface area contributed by atoms with Gasteiger partial charge in [-0.15, -0.1) is 0 Å². The molecule has 2 aromatic rings. The number of carbonyl (C=O) groups excluding carboxylic acids is 1. The highest BCUT2D eigenvalue weighted by Crippen LogP contribution is 2.17. The second kappa shape index (κ2) is 9.91. The van der Waals surface area contributed by atoms with Gasteiger partial charge in [-0.1, -0.05) is 36.4 Å². The predicted molar refractivity (Wildman–Crippen MR) is 118 cm³/mol.